The summed E-state index contributed by atoms with van der Waals surface area (Å²) in [5.74, 6) is 0.928. The first kappa shape index (κ1) is 21.2. The third kappa shape index (κ3) is 9.77. The molecule has 0 bridgehead atoms. The highest BCUT2D eigenvalue weighted by atomic mass is 127. The van der Waals surface area contributed by atoms with E-state index in [4.69, 9.17) is 10.5 Å². The van der Waals surface area contributed by atoms with Crippen LogP contribution in [0.15, 0.2) is 41.9 Å². The monoisotopic (exact) mass is 432 g/mol. The lowest BCUT2D eigenvalue weighted by molar-refractivity contribution is -0.119. The van der Waals surface area contributed by atoms with Crippen molar-refractivity contribution >= 4 is 35.8 Å². The van der Waals surface area contributed by atoms with Crippen LogP contribution in [-0.4, -0.2) is 38.1 Å². The number of nitrogens with one attached hydrogen (secondary N) is 2. The van der Waals surface area contributed by atoms with Crippen LogP contribution >= 0.6 is 24.0 Å². The Morgan fingerprint density at radius 2 is 2.04 bits per heavy atom. The van der Waals surface area contributed by atoms with Crippen molar-refractivity contribution < 1.29 is 9.53 Å². The summed E-state index contributed by atoms with van der Waals surface area (Å²) in [6.45, 7) is 7.75. The summed E-state index contributed by atoms with van der Waals surface area (Å²) < 4.78 is 5.21. The van der Waals surface area contributed by atoms with Crippen LogP contribution in [0.3, 0.4) is 0 Å². The summed E-state index contributed by atoms with van der Waals surface area (Å²) in [5, 5.41) is 6.32. The number of carbonyl (C=O) groups is 1. The largest absolute Gasteiger partial charge is 0.484 e. The molecule has 0 aliphatic rings. The van der Waals surface area contributed by atoms with E-state index in [-0.39, 0.29) is 30.6 Å². The number of carbonyl (C=O) groups excluding carboxylic acids is 1. The zero-order valence-corrected chi connectivity index (χ0v) is 15.7. The predicted molar refractivity (Wildman–Crippen MR) is 104 cm³/mol. The first-order chi connectivity index (χ1) is 10.7. The summed E-state index contributed by atoms with van der Waals surface area (Å²) in [6.07, 6.45) is 2.61. The molecular formula is C16H25IN4O2. The maximum absolute atomic E-state index is 10.6. The van der Waals surface area contributed by atoms with E-state index in [1.807, 2.05) is 31.2 Å². The molecule has 0 aliphatic carbocycles. The number of rotatable bonds is 9. The molecule has 0 atom stereocenters. The summed E-state index contributed by atoms with van der Waals surface area (Å²) >= 11 is 0. The minimum Gasteiger partial charge on any atom is -0.484 e. The minimum absolute atomic E-state index is 0. The van der Waals surface area contributed by atoms with Crippen molar-refractivity contribution in [3.63, 3.8) is 0 Å². The van der Waals surface area contributed by atoms with Crippen LogP contribution in [-0.2, 0) is 11.2 Å². The Bertz CT molecular complexity index is 503. The number of benzene rings is 1. The normalized spacial score (nSPS) is 10.4. The van der Waals surface area contributed by atoms with Gasteiger partial charge in [-0.1, -0.05) is 18.2 Å². The average Bonchev–Trinajstić information content (AvgIpc) is 2.51. The Balaban J connectivity index is 0.00000484. The van der Waals surface area contributed by atoms with Gasteiger partial charge < -0.3 is 21.1 Å². The molecule has 0 aromatic heterocycles. The summed E-state index contributed by atoms with van der Waals surface area (Å²) in [6, 6.07) is 7.55. The van der Waals surface area contributed by atoms with E-state index in [1.54, 1.807) is 6.08 Å². The molecule has 4 N–H and O–H groups in total. The molecule has 1 aromatic carbocycles. The lowest BCUT2D eigenvalue weighted by Crippen LogP contribution is -2.37. The number of nitrogens with zero attached hydrogens (tertiary/aromatic N) is 1. The fourth-order valence-corrected chi connectivity index (χ4v) is 1.71. The maximum atomic E-state index is 10.6. The highest BCUT2D eigenvalue weighted by molar-refractivity contribution is 14.0. The number of guanidine groups is 1. The van der Waals surface area contributed by atoms with Gasteiger partial charge in [0, 0.05) is 19.6 Å². The van der Waals surface area contributed by atoms with Crippen LogP contribution in [0.5, 0.6) is 5.75 Å². The number of amides is 1. The lowest BCUT2D eigenvalue weighted by atomic mass is 10.1. The van der Waals surface area contributed by atoms with Crippen LogP contribution in [0.25, 0.3) is 0 Å². The predicted octanol–water partition coefficient (Wildman–Crippen LogP) is 1.45. The smallest absolute Gasteiger partial charge is 0.255 e. The van der Waals surface area contributed by atoms with E-state index in [1.165, 1.54) is 0 Å². The Labute approximate surface area is 154 Å². The molecule has 1 rings (SSSR count). The quantitative estimate of drug-likeness (QED) is 0.239. The fourth-order valence-electron chi connectivity index (χ4n) is 1.71. The standard InChI is InChI=1S/C16H24N4O2.HI/c1-3-10-19-16(18-4-2)20-11-9-13-5-7-14(8-6-13)22-12-15(17)21;/h3,5-8H,1,4,9-12H2,2H3,(H2,17,21)(H2,18,19,20);1H. The molecule has 0 radical (unpaired) electrons. The van der Waals surface area contributed by atoms with Crippen molar-refractivity contribution in [3.8, 4) is 5.75 Å². The van der Waals surface area contributed by atoms with Gasteiger partial charge in [-0.15, -0.1) is 30.6 Å². The Morgan fingerprint density at radius 1 is 1.35 bits per heavy atom. The van der Waals surface area contributed by atoms with Gasteiger partial charge in [-0.05, 0) is 31.0 Å². The van der Waals surface area contributed by atoms with Crippen molar-refractivity contribution in [2.24, 2.45) is 10.7 Å². The first-order valence-electron chi connectivity index (χ1n) is 7.28. The van der Waals surface area contributed by atoms with Crippen molar-refractivity contribution in [1.82, 2.24) is 10.6 Å². The van der Waals surface area contributed by atoms with E-state index in [9.17, 15) is 4.79 Å². The van der Waals surface area contributed by atoms with Gasteiger partial charge in [0.25, 0.3) is 5.91 Å². The van der Waals surface area contributed by atoms with Gasteiger partial charge in [0.2, 0.25) is 0 Å². The van der Waals surface area contributed by atoms with Gasteiger partial charge in [-0.3, -0.25) is 9.79 Å². The number of hydrogen-bond acceptors (Lipinski definition) is 3. The molecule has 128 valence electrons. The van der Waals surface area contributed by atoms with Crippen LogP contribution < -0.4 is 21.1 Å². The number of primary amides is 1. The SMILES string of the molecule is C=CCNC(=NCCc1ccc(OCC(N)=O)cc1)NCC.I. The van der Waals surface area contributed by atoms with E-state index >= 15 is 0 Å². The number of hydrogen-bond donors (Lipinski definition) is 3. The molecule has 0 aliphatic heterocycles. The molecule has 0 spiro atoms. The molecule has 0 heterocycles. The van der Waals surface area contributed by atoms with Crippen molar-refractivity contribution in [1.29, 1.82) is 0 Å². The second-order valence-electron chi connectivity index (χ2n) is 4.58. The van der Waals surface area contributed by atoms with Crippen molar-refractivity contribution in [2.45, 2.75) is 13.3 Å². The molecule has 1 aromatic rings. The Kier molecular flexibility index (Phi) is 11.8. The van der Waals surface area contributed by atoms with Crippen LogP contribution in [0, 0.1) is 0 Å². The van der Waals surface area contributed by atoms with Gasteiger partial charge >= 0.3 is 0 Å². The highest BCUT2D eigenvalue weighted by Gasteiger charge is 1.99. The fraction of sp³-hybridized carbons (Fsp3) is 0.375. The summed E-state index contributed by atoms with van der Waals surface area (Å²) in [7, 11) is 0. The molecule has 0 fully saturated rings. The van der Waals surface area contributed by atoms with Crippen LogP contribution in [0.4, 0.5) is 0 Å². The number of nitrogens with two attached hydrogens (primary N) is 1. The number of aliphatic imine (C=N–C) groups is 1. The third-order valence-corrected chi connectivity index (χ3v) is 2.73. The molecule has 0 unspecified atom stereocenters. The van der Waals surface area contributed by atoms with Gasteiger partial charge in [0.1, 0.15) is 5.75 Å². The molecule has 6 nitrogen and oxygen atoms in total. The summed E-state index contributed by atoms with van der Waals surface area (Å²) in [5.41, 5.74) is 6.17. The molecule has 1 amide bonds. The molecule has 23 heavy (non-hydrogen) atoms. The van der Waals surface area contributed by atoms with Gasteiger partial charge in [0.15, 0.2) is 12.6 Å². The van der Waals surface area contributed by atoms with Crippen molar-refractivity contribution in [3.05, 3.63) is 42.5 Å². The van der Waals surface area contributed by atoms with Crippen LogP contribution in [0.1, 0.15) is 12.5 Å². The zero-order valence-electron chi connectivity index (χ0n) is 13.4. The second kappa shape index (κ2) is 12.7. The van der Waals surface area contributed by atoms with Crippen molar-refractivity contribution in [2.75, 3.05) is 26.2 Å². The molecule has 0 saturated carbocycles. The second-order valence-corrected chi connectivity index (χ2v) is 4.58. The van der Waals surface area contributed by atoms with E-state index in [0.29, 0.717) is 18.8 Å². The molecule has 7 heteroatoms. The maximum Gasteiger partial charge on any atom is 0.255 e. The van der Waals surface area contributed by atoms with Gasteiger partial charge in [-0.25, -0.2) is 0 Å². The molecule has 0 saturated heterocycles. The Morgan fingerprint density at radius 3 is 2.61 bits per heavy atom. The van der Waals surface area contributed by atoms with Gasteiger partial charge in [-0.2, -0.15) is 0 Å². The third-order valence-electron chi connectivity index (χ3n) is 2.73. The topological polar surface area (TPSA) is 88.7 Å². The van der Waals surface area contributed by atoms with Crippen LogP contribution in [0.2, 0.25) is 0 Å². The number of halogens is 1. The first-order valence-corrected chi connectivity index (χ1v) is 7.28. The minimum atomic E-state index is -0.485. The van der Waals surface area contributed by atoms with E-state index in [2.05, 4.69) is 22.2 Å². The van der Waals surface area contributed by atoms with Gasteiger partial charge in [0.05, 0.1) is 0 Å². The number of ether oxygens (including phenoxy) is 1. The lowest BCUT2D eigenvalue weighted by Gasteiger charge is -2.09. The highest BCUT2D eigenvalue weighted by Crippen LogP contribution is 2.12. The molecular weight excluding hydrogens is 407 g/mol. The van der Waals surface area contributed by atoms with E-state index < -0.39 is 5.91 Å². The summed E-state index contributed by atoms with van der Waals surface area (Å²) in [4.78, 5) is 15.1. The zero-order chi connectivity index (χ0) is 16.2. The Hall–Kier alpha value is -1.77. The average molecular weight is 432 g/mol. The van der Waals surface area contributed by atoms with E-state index in [0.717, 1.165) is 24.5 Å².